The van der Waals surface area contributed by atoms with Crippen LogP contribution in [0, 0.1) is 6.92 Å². The summed E-state index contributed by atoms with van der Waals surface area (Å²) in [7, 11) is 0. The van der Waals surface area contributed by atoms with Crippen LogP contribution >= 0.6 is 0 Å². The van der Waals surface area contributed by atoms with Crippen molar-refractivity contribution in [3.8, 4) is 0 Å². The molecular weight excluding hydrogens is 168 g/mol. The zero-order valence-corrected chi connectivity index (χ0v) is 6.92. The second-order valence-corrected chi connectivity index (χ2v) is 2.56. The van der Waals surface area contributed by atoms with Gasteiger partial charge in [-0.2, -0.15) is 5.10 Å². The van der Waals surface area contributed by atoms with Gasteiger partial charge >= 0.3 is 0 Å². The largest absolute Gasteiger partial charge is 0.251 e. The van der Waals surface area contributed by atoms with Crippen LogP contribution in [0.5, 0.6) is 0 Å². The minimum Gasteiger partial charge on any atom is -0.251 e. The summed E-state index contributed by atoms with van der Waals surface area (Å²) in [4.78, 5) is 6.62. The van der Waals surface area contributed by atoms with Crippen LogP contribution in [0.25, 0.3) is 16.0 Å². The fourth-order valence-corrected chi connectivity index (χ4v) is 1.15. The van der Waals surface area contributed by atoms with Crippen molar-refractivity contribution in [1.82, 2.24) is 14.6 Å². The predicted molar refractivity (Wildman–Crippen MR) is 46.5 cm³/mol. The second kappa shape index (κ2) is 2.76. The Balaban J connectivity index is 2.81. The van der Waals surface area contributed by atoms with Gasteiger partial charge in [0.1, 0.15) is 0 Å². The zero-order valence-electron chi connectivity index (χ0n) is 6.92. The zero-order chi connectivity index (χ0) is 9.26. The van der Waals surface area contributed by atoms with Crippen LogP contribution in [0.2, 0.25) is 0 Å². The Kier molecular flexibility index (Phi) is 1.61. The van der Waals surface area contributed by atoms with Crippen LogP contribution in [0.1, 0.15) is 5.69 Å². The maximum atomic E-state index is 8.27. The number of aryl methyl sites for hydroxylation is 1. The van der Waals surface area contributed by atoms with Gasteiger partial charge in [0.25, 0.3) is 0 Å². The van der Waals surface area contributed by atoms with Gasteiger partial charge < -0.3 is 0 Å². The Bertz CT molecular complexity index is 493. The summed E-state index contributed by atoms with van der Waals surface area (Å²) in [6.07, 6.45) is 3.25. The van der Waals surface area contributed by atoms with E-state index < -0.39 is 0 Å². The molecule has 0 amide bonds. The Morgan fingerprint density at radius 3 is 3.23 bits per heavy atom. The minimum absolute atomic E-state index is 0.352. The summed E-state index contributed by atoms with van der Waals surface area (Å²) in [5.74, 6) is 0.352. The predicted octanol–water partition coefficient (Wildman–Crippen LogP) is 1.98. The molecule has 0 N–H and O–H groups in total. The number of hydrogen-bond acceptors (Lipinski definition) is 3. The van der Waals surface area contributed by atoms with E-state index in [-0.39, 0.29) is 0 Å². The molecule has 2 aromatic heterocycles. The van der Waals surface area contributed by atoms with Crippen LogP contribution in [0.3, 0.4) is 0 Å². The van der Waals surface area contributed by atoms with Crippen LogP contribution in [0.4, 0.5) is 5.82 Å². The van der Waals surface area contributed by atoms with Crippen molar-refractivity contribution in [3.63, 3.8) is 0 Å². The Hall–Kier alpha value is -2.07. The first-order chi connectivity index (χ1) is 6.31. The highest BCUT2D eigenvalue weighted by Gasteiger charge is 2.01. The maximum Gasteiger partial charge on any atom is 0.152 e. The van der Waals surface area contributed by atoms with Gasteiger partial charge in [0, 0.05) is 17.3 Å². The number of nitrogens with zero attached hydrogens (tertiary/aromatic N) is 6. The number of azide groups is 1. The van der Waals surface area contributed by atoms with Crippen LogP contribution < -0.4 is 0 Å². The summed E-state index contributed by atoms with van der Waals surface area (Å²) in [5, 5.41) is 7.61. The van der Waals surface area contributed by atoms with Crippen molar-refractivity contribution in [2.24, 2.45) is 5.11 Å². The average Bonchev–Trinajstić information content (AvgIpc) is 2.47. The van der Waals surface area contributed by atoms with Gasteiger partial charge in [0.05, 0.1) is 11.2 Å². The van der Waals surface area contributed by atoms with Gasteiger partial charge in [-0.05, 0) is 23.6 Å². The summed E-state index contributed by atoms with van der Waals surface area (Å²) in [6, 6.07) is 1.82. The van der Waals surface area contributed by atoms with E-state index in [9.17, 15) is 0 Å². The first-order valence-corrected chi connectivity index (χ1v) is 3.67. The number of rotatable bonds is 1. The van der Waals surface area contributed by atoms with E-state index in [1.54, 1.807) is 16.9 Å². The average molecular weight is 174 g/mol. The molecule has 2 heterocycles. The van der Waals surface area contributed by atoms with Gasteiger partial charge in [-0.1, -0.05) is 0 Å². The number of aromatic nitrogens is 3. The Labute approximate surface area is 73.5 Å². The first-order valence-electron chi connectivity index (χ1n) is 3.67. The third-order valence-electron chi connectivity index (χ3n) is 1.63. The molecule has 0 saturated heterocycles. The molecule has 0 aromatic carbocycles. The number of fused-ring (bicyclic) bond motifs is 1. The lowest BCUT2D eigenvalue weighted by Crippen LogP contribution is -1.87. The van der Waals surface area contributed by atoms with E-state index in [2.05, 4.69) is 20.1 Å². The highest BCUT2D eigenvalue weighted by atomic mass is 15.3. The Morgan fingerprint density at radius 1 is 1.62 bits per heavy atom. The molecule has 0 spiro atoms. The molecule has 0 fully saturated rings. The molecule has 64 valence electrons. The standard InChI is InChI=1S/C7H6N6/c1-5-4-6-7(10-12-8)9-2-3-13(6)11-5/h2-4H,1H3. The van der Waals surface area contributed by atoms with E-state index in [4.69, 9.17) is 5.53 Å². The van der Waals surface area contributed by atoms with E-state index in [1.807, 2.05) is 13.0 Å². The van der Waals surface area contributed by atoms with E-state index in [0.29, 0.717) is 5.82 Å². The second-order valence-electron chi connectivity index (χ2n) is 2.56. The van der Waals surface area contributed by atoms with E-state index in [1.165, 1.54) is 0 Å². The third-order valence-corrected chi connectivity index (χ3v) is 1.63. The fourth-order valence-electron chi connectivity index (χ4n) is 1.15. The maximum absolute atomic E-state index is 8.27. The molecule has 6 nitrogen and oxygen atoms in total. The van der Waals surface area contributed by atoms with Crippen molar-refractivity contribution < 1.29 is 0 Å². The van der Waals surface area contributed by atoms with Gasteiger partial charge in [0.15, 0.2) is 5.82 Å². The van der Waals surface area contributed by atoms with Gasteiger partial charge in [-0.3, -0.25) is 4.98 Å². The molecule has 0 unspecified atom stereocenters. The van der Waals surface area contributed by atoms with Gasteiger partial charge in [0.2, 0.25) is 0 Å². The number of hydrogen-bond donors (Lipinski definition) is 0. The molecular formula is C7H6N6. The molecule has 0 aliphatic rings. The molecule has 2 aromatic rings. The SMILES string of the molecule is Cc1cc2c(N=[N+]=[N-])nccn2n1. The van der Waals surface area contributed by atoms with Gasteiger partial charge in [-0.15, -0.1) is 0 Å². The molecule has 6 heteroatoms. The Morgan fingerprint density at radius 2 is 2.46 bits per heavy atom. The van der Waals surface area contributed by atoms with Crippen molar-refractivity contribution in [2.45, 2.75) is 6.92 Å². The molecule has 0 atom stereocenters. The smallest absolute Gasteiger partial charge is 0.152 e. The molecule has 0 saturated carbocycles. The topological polar surface area (TPSA) is 79.0 Å². The first kappa shape index (κ1) is 7.57. The highest BCUT2D eigenvalue weighted by molar-refractivity contribution is 5.64. The molecule has 2 rings (SSSR count). The molecule has 13 heavy (non-hydrogen) atoms. The minimum atomic E-state index is 0.352. The molecule has 0 bridgehead atoms. The lowest BCUT2D eigenvalue weighted by molar-refractivity contribution is 0.921. The van der Waals surface area contributed by atoms with Crippen molar-refractivity contribution in [1.29, 1.82) is 0 Å². The monoisotopic (exact) mass is 174 g/mol. The lowest BCUT2D eigenvalue weighted by atomic mass is 10.4. The summed E-state index contributed by atoms with van der Waals surface area (Å²) < 4.78 is 1.63. The highest BCUT2D eigenvalue weighted by Crippen LogP contribution is 2.17. The van der Waals surface area contributed by atoms with Crippen LogP contribution in [-0.2, 0) is 0 Å². The van der Waals surface area contributed by atoms with Crippen LogP contribution in [0.15, 0.2) is 23.6 Å². The summed E-state index contributed by atoms with van der Waals surface area (Å²) in [6.45, 7) is 1.87. The summed E-state index contributed by atoms with van der Waals surface area (Å²) in [5.41, 5.74) is 9.86. The van der Waals surface area contributed by atoms with E-state index in [0.717, 1.165) is 11.2 Å². The molecule has 0 radical (unpaired) electrons. The van der Waals surface area contributed by atoms with Gasteiger partial charge in [-0.25, -0.2) is 4.52 Å². The lowest BCUT2D eigenvalue weighted by Gasteiger charge is -1.93. The third kappa shape index (κ3) is 1.19. The van der Waals surface area contributed by atoms with Crippen LogP contribution in [-0.4, -0.2) is 14.6 Å². The summed E-state index contributed by atoms with van der Waals surface area (Å²) >= 11 is 0. The quantitative estimate of drug-likeness (QED) is 0.376. The normalized spacial score (nSPS) is 9.92. The van der Waals surface area contributed by atoms with Crippen molar-refractivity contribution >= 4 is 11.3 Å². The fraction of sp³-hybridized carbons (Fsp3) is 0.143. The molecule has 0 aliphatic carbocycles. The molecule has 0 aliphatic heterocycles. The van der Waals surface area contributed by atoms with E-state index >= 15 is 0 Å². The van der Waals surface area contributed by atoms with Crippen molar-refractivity contribution in [3.05, 3.63) is 34.6 Å². The van der Waals surface area contributed by atoms with Crippen molar-refractivity contribution in [2.75, 3.05) is 0 Å².